The number of carbonyl (C=O) groups is 2. The van der Waals surface area contributed by atoms with Gasteiger partial charge in [-0.3, -0.25) is 9.59 Å². The van der Waals surface area contributed by atoms with Crippen molar-refractivity contribution < 1.29 is 14.3 Å². The second kappa shape index (κ2) is 8.31. The number of carbonyl (C=O) groups excluding carboxylic acids is 2. The van der Waals surface area contributed by atoms with E-state index >= 15 is 0 Å². The highest BCUT2D eigenvalue weighted by Gasteiger charge is 2.16. The van der Waals surface area contributed by atoms with Crippen LogP contribution in [0.5, 0.6) is 5.75 Å². The summed E-state index contributed by atoms with van der Waals surface area (Å²) >= 11 is 0. The van der Waals surface area contributed by atoms with Gasteiger partial charge in [0.15, 0.2) is 5.78 Å². The van der Waals surface area contributed by atoms with E-state index in [4.69, 9.17) is 4.74 Å². The van der Waals surface area contributed by atoms with Crippen LogP contribution in [0.25, 0.3) is 0 Å². The molecule has 4 heteroatoms. The fourth-order valence-corrected chi connectivity index (χ4v) is 3.06. The van der Waals surface area contributed by atoms with E-state index in [2.05, 4.69) is 26.1 Å². The Balaban J connectivity index is 1.80. The van der Waals surface area contributed by atoms with Crippen LogP contribution in [0.1, 0.15) is 52.6 Å². The third-order valence-corrected chi connectivity index (χ3v) is 4.75. The molecule has 0 aliphatic heterocycles. The second-order valence-corrected chi connectivity index (χ2v) is 7.89. The zero-order chi connectivity index (χ0) is 21.0. The van der Waals surface area contributed by atoms with Crippen LogP contribution in [0.15, 0.2) is 72.8 Å². The zero-order valence-corrected chi connectivity index (χ0v) is 17.2. The van der Waals surface area contributed by atoms with E-state index in [1.807, 2.05) is 24.3 Å². The summed E-state index contributed by atoms with van der Waals surface area (Å²) in [6.07, 6.45) is 0. The van der Waals surface area contributed by atoms with Crippen molar-refractivity contribution in [1.82, 2.24) is 0 Å². The lowest BCUT2D eigenvalue weighted by molar-refractivity contribution is 0.101. The van der Waals surface area contributed by atoms with Gasteiger partial charge in [-0.05, 0) is 35.2 Å². The van der Waals surface area contributed by atoms with E-state index in [0.29, 0.717) is 28.1 Å². The fourth-order valence-electron chi connectivity index (χ4n) is 3.06. The SMILES string of the molecule is COc1ccccc1C(=O)Nc1cccc(C(=O)c2ccc(C(C)(C)C)cc2)c1. The predicted octanol–water partition coefficient (Wildman–Crippen LogP) is 5.48. The van der Waals surface area contributed by atoms with Crippen molar-refractivity contribution in [3.8, 4) is 5.75 Å². The fraction of sp³-hybridized carbons (Fsp3) is 0.200. The van der Waals surface area contributed by atoms with Crippen LogP contribution >= 0.6 is 0 Å². The number of ether oxygens (including phenoxy) is 1. The molecule has 0 aliphatic rings. The highest BCUT2D eigenvalue weighted by molar-refractivity contribution is 6.10. The number of methoxy groups -OCH3 is 1. The normalized spacial score (nSPS) is 11.0. The predicted molar refractivity (Wildman–Crippen MR) is 116 cm³/mol. The summed E-state index contributed by atoms with van der Waals surface area (Å²) in [4.78, 5) is 25.5. The molecule has 148 valence electrons. The third kappa shape index (κ3) is 4.72. The largest absolute Gasteiger partial charge is 0.496 e. The summed E-state index contributed by atoms with van der Waals surface area (Å²) in [6, 6.07) is 21.6. The Labute approximate surface area is 171 Å². The molecule has 1 N–H and O–H groups in total. The van der Waals surface area contributed by atoms with E-state index < -0.39 is 0 Å². The molecular weight excluding hydrogens is 362 g/mol. The molecule has 0 unspecified atom stereocenters. The Morgan fingerprint density at radius 1 is 0.828 bits per heavy atom. The molecule has 3 aromatic carbocycles. The van der Waals surface area contributed by atoms with E-state index in [0.717, 1.165) is 0 Å². The van der Waals surface area contributed by atoms with Gasteiger partial charge < -0.3 is 10.1 Å². The van der Waals surface area contributed by atoms with Crippen molar-refractivity contribution in [3.63, 3.8) is 0 Å². The Morgan fingerprint density at radius 2 is 1.52 bits per heavy atom. The van der Waals surface area contributed by atoms with Crippen LogP contribution < -0.4 is 10.1 Å². The van der Waals surface area contributed by atoms with Crippen LogP contribution in [0.4, 0.5) is 5.69 Å². The van der Waals surface area contributed by atoms with Crippen molar-refractivity contribution in [1.29, 1.82) is 0 Å². The summed E-state index contributed by atoms with van der Waals surface area (Å²) in [5.41, 5.74) is 3.33. The molecule has 1 amide bonds. The highest BCUT2D eigenvalue weighted by atomic mass is 16.5. The monoisotopic (exact) mass is 387 g/mol. The van der Waals surface area contributed by atoms with Gasteiger partial charge in [-0.1, -0.05) is 69.3 Å². The summed E-state index contributed by atoms with van der Waals surface area (Å²) in [7, 11) is 1.52. The molecule has 0 atom stereocenters. The van der Waals surface area contributed by atoms with Crippen molar-refractivity contribution in [3.05, 3.63) is 95.1 Å². The number of hydrogen-bond acceptors (Lipinski definition) is 3. The lowest BCUT2D eigenvalue weighted by Crippen LogP contribution is -2.14. The van der Waals surface area contributed by atoms with Gasteiger partial charge >= 0.3 is 0 Å². The van der Waals surface area contributed by atoms with Crippen LogP contribution in [0.3, 0.4) is 0 Å². The number of nitrogens with one attached hydrogen (secondary N) is 1. The second-order valence-electron chi connectivity index (χ2n) is 7.89. The van der Waals surface area contributed by atoms with Crippen LogP contribution in [-0.2, 0) is 5.41 Å². The highest BCUT2D eigenvalue weighted by Crippen LogP contribution is 2.24. The smallest absolute Gasteiger partial charge is 0.259 e. The Hall–Kier alpha value is -3.40. The first-order valence-electron chi connectivity index (χ1n) is 9.49. The minimum absolute atomic E-state index is 0.0320. The molecule has 0 radical (unpaired) electrons. The van der Waals surface area contributed by atoms with Gasteiger partial charge in [0.05, 0.1) is 12.7 Å². The van der Waals surface area contributed by atoms with Crippen molar-refractivity contribution in [2.75, 3.05) is 12.4 Å². The van der Waals surface area contributed by atoms with Crippen LogP contribution in [-0.4, -0.2) is 18.8 Å². The van der Waals surface area contributed by atoms with E-state index in [1.165, 1.54) is 12.7 Å². The number of ketones is 1. The molecule has 0 saturated carbocycles. The Bertz CT molecular complexity index is 1030. The lowest BCUT2D eigenvalue weighted by atomic mass is 9.86. The van der Waals surface area contributed by atoms with Crippen molar-refractivity contribution in [2.24, 2.45) is 0 Å². The lowest BCUT2D eigenvalue weighted by Gasteiger charge is -2.19. The summed E-state index contributed by atoms with van der Waals surface area (Å²) in [6.45, 7) is 6.41. The number of amides is 1. The average Bonchev–Trinajstić information content (AvgIpc) is 2.72. The third-order valence-electron chi connectivity index (χ3n) is 4.75. The number of hydrogen-bond donors (Lipinski definition) is 1. The van der Waals surface area contributed by atoms with Crippen molar-refractivity contribution in [2.45, 2.75) is 26.2 Å². The standard InChI is InChI=1S/C25H25NO3/c1-25(2,3)19-14-12-17(13-15-19)23(27)18-8-7-9-20(16-18)26-24(28)21-10-5-6-11-22(21)29-4/h5-16H,1-4H3,(H,26,28). The average molecular weight is 387 g/mol. The summed E-state index contributed by atoms with van der Waals surface area (Å²) < 4.78 is 5.24. The maximum Gasteiger partial charge on any atom is 0.259 e. The Morgan fingerprint density at radius 3 is 2.17 bits per heavy atom. The number of rotatable bonds is 5. The molecule has 0 aromatic heterocycles. The number of para-hydroxylation sites is 1. The molecule has 4 nitrogen and oxygen atoms in total. The van der Waals surface area contributed by atoms with Crippen LogP contribution in [0, 0.1) is 0 Å². The number of anilines is 1. The molecule has 0 fully saturated rings. The van der Waals surface area contributed by atoms with Crippen molar-refractivity contribution >= 4 is 17.4 Å². The number of benzene rings is 3. The molecule has 0 aliphatic carbocycles. The first kappa shape index (κ1) is 20.3. The molecule has 0 saturated heterocycles. The summed E-state index contributed by atoms with van der Waals surface area (Å²) in [5, 5.41) is 2.84. The van der Waals surface area contributed by atoms with Gasteiger partial charge in [0.1, 0.15) is 5.75 Å². The molecule has 3 aromatic rings. The van der Waals surface area contributed by atoms with Crippen LogP contribution in [0.2, 0.25) is 0 Å². The maximum absolute atomic E-state index is 12.9. The minimum atomic E-state index is -0.290. The molecule has 29 heavy (non-hydrogen) atoms. The van der Waals surface area contributed by atoms with Gasteiger partial charge in [0.2, 0.25) is 0 Å². The molecular formula is C25H25NO3. The topological polar surface area (TPSA) is 55.4 Å². The zero-order valence-electron chi connectivity index (χ0n) is 17.2. The van der Waals surface area contributed by atoms with Gasteiger partial charge in [-0.25, -0.2) is 0 Å². The summed E-state index contributed by atoms with van der Waals surface area (Å²) in [5.74, 6) is 0.122. The van der Waals surface area contributed by atoms with E-state index in [1.54, 1.807) is 48.5 Å². The first-order valence-corrected chi connectivity index (χ1v) is 9.49. The Kier molecular flexibility index (Phi) is 5.83. The maximum atomic E-state index is 12.9. The minimum Gasteiger partial charge on any atom is -0.496 e. The first-order chi connectivity index (χ1) is 13.8. The quantitative estimate of drug-likeness (QED) is 0.590. The molecule has 0 spiro atoms. The van der Waals surface area contributed by atoms with E-state index in [-0.39, 0.29) is 17.1 Å². The van der Waals surface area contributed by atoms with Gasteiger partial charge in [0, 0.05) is 16.8 Å². The molecule has 0 bridgehead atoms. The van der Waals surface area contributed by atoms with Gasteiger partial charge in [-0.2, -0.15) is 0 Å². The molecule has 3 rings (SSSR count). The van der Waals surface area contributed by atoms with Gasteiger partial charge in [0.25, 0.3) is 5.91 Å². The molecule has 0 heterocycles. The van der Waals surface area contributed by atoms with E-state index in [9.17, 15) is 9.59 Å². The van der Waals surface area contributed by atoms with Gasteiger partial charge in [-0.15, -0.1) is 0 Å².